The number of aliphatic hydroxyl groups is 1. The second-order valence-electron chi connectivity index (χ2n) is 4.83. The van der Waals surface area contributed by atoms with E-state index >= 15 is 0 Å². The number of hydrogen-bond acceptors (Lipinski definition) is 3. The third kappa shape index (κ3) is 3.12. The van der Waals surface area contributed by atoms with Gasteiger partial charge >= 0.3 is 0 Å². The van der Waals surface area contributed by atoms with Gasteiger partial charge in [-0.05, 0) is 31.4 Å². The van der Waals surface area contributed by atoms with Crippen LogP contribution in [0.5, 0.6) is 0 Å². The Morgan fingerprint density at radius 2 is 2.05 bits per heavy atom. The van der Waals surface area contributed by atoms with Gasteiger partial charge in [0.05, 0.1) is 10.0 Å². The summed E-state index contributed by atoms with van der Waals surface area (Å²) in [7, 11) is -3.68. The number of benzene rings is 1. The number of halogens is 2. The van der Waals surface area contributed by atoms with E-state index in [1.807, 2.05) is 0 Å². The molecule has 4 nitrogen and oxygen atoms in total. The number of hydrogen-bond donors (Lipinski definition) is 1. The molecule has 7 heteroatoms. The zero-order valence-corrected chi connectivity index (χ0v) is 13.3. The summed E-state index contributed by atoms with van der Waals surface area (Å²) in [6, 6.07) is 4.43. The number of rotatable bonds is 4. The van der Waals surface area contributed by atoms with Crippen LogP contribution < -0.4 is 0 Å². The van der Waals surface area contributed by atoms with Crippen molar-refractivity contribution >= 4 is 33.2 Å². The Labute approximate surface area is 129 Å². The van der Waals surface area contributed by atoms with Gasteiger partial charge in [-0.15, -0.1) is 0 Å². The number of piperidine rings is 1. The average molecular weight is 338 g/mol. The van der Waals surface area contributed by atoms with Gasteiger partial charge in [0.15, 0.2) is 0 Å². The van der Waals surface area contributed by atoms with Crippen LogP contribution in [-0.2, 0) is 10.0 Å². The van der Waals surface area contributed by atoms with Crippen molar-refractivity contribution in [1.29, 1.82) is 0 Å². The highest BCUT2D eigenvalue weighted by atomic mass is 35.5. The van der Waals surface area contributed by atoms with E-state index in [1.165, 1.54) is 10.4 Å². The average Bonchev–Trinajstić information content (AvgIpc) is 2.42. The molecule has 1 aromatic carbocycles. The highest BCUT2D eigenvalue weighted by Crippen LogP contribution is 2.34. The lowest BCUT2D eigenvalue weighted by Crippen LogP contribution is -2.44. The molecule has 1 saturated heterocycles. The number of sulfonamides is 1. The largest absolute Gasteiger partial charge is 0.396 e. The van der Waals surface area contributed by atoms with Crippen LogP contribution in [0.3, 0.4) is 0 Å². The maximum absolute atomic E-state index is 12.7. The first-order chi connectivity index (χ1) is 9.48. The standard InChI is InChI=1S/C13H17Cl2NO3S/c14-11-5-3-6-12(13(11)15)20(18,19)16-8-2-1-4-10(16)7-9-17/h3,5-6,10,17H,1-2,4,7-9H2. The van der Waals surface area contributed by atoms with Crippen LogP contribution in [0.15, 0.2) is 23.1 Å². The Morgan fingerprint density at radius 1 is 1.30 bits per heavy atom. The predicted octanol–water partition coefficient (Wildman–Crippen LogP) is 2.92. The SMILES string of the molecule is O=S(=O)(c1cccc(Cl)c1Cl)N1CCCCC1CCO. The molecule has 0 aromatic heterocycles. The van der Waals surface area contributed by atoms with Gasteiger partial charge in [-0.3, -0.25) is 0 Å². The lowest BCUT2D eigenvalue weighted by molar-refractivity contribution is 0.192. The fourth-order valence-electron chi connectivity index (χ4n) is 2.54. The van der Waals surface area contributed by atoms with Crippen LogP contribution in [0, 0.1) is 0 Å². The quantitative estimate of drug-likeness (QED) is 0.918. The summed E-state index contributed by atoms with van der Waals surface area (Å²) >= 11 is 11.9. The first kappa shape index (κ1) is 16.0. The molecule has 20 heavy (non-hydrogen) atoms. The molecule has 1 unspecified atom stereocenters. The van der Waals surface area contributed by atoms with Gasteiger partial charge in [-0.25, -0.2) is 8.42 Å². The minimum Gasteiger partial charge on any atom is -0.396 e. The van der Waals surface area contributed by atoms with Gasteiger partial charge in [0, 0.05) is 19.2 Å². The Hall–Kier alpha value is -0.330. The minimum atomic E-state index is -3.68. The van der Waals surface area contributed by atoms with Gasteiger partial charge in [-0.1, -0.05) is 35.7 Å². The summed E-state index contributed by atoms with van der Waals surface area (Å²) in [4.78, 5) is 0.0384. The van der Waals surface area contributed by atoms with Crippen LogP contribution in [-0.4, -0.2) is 37.0 Å². The maximum Gasteiger partial charge on any atom is 0.244 e. The summed E-state index contributed by atoms with van der Waals surface area (Å²) in [6.07, 6.45) is 2.99. The summed E-state index contributed by atoms with van der Waals surface area (Å²) in [5.41, 5.74) is 0. The van der Waals surface area contributed by atoms with Crippen LogP contribution in [0.25, 0.3) is 0 Å². The molecule has 0 radical (unpaired) electrons. The van der Waals surface area contributed by atoms with E-state index in [0.717, 1.165) is 19.3 Å². The first-order valence-electron chi connectivity index (χ1n) is 6.55. The molecule has 2 rings (SSSR count). The Morgan fingerprint density at radius 3 is 2.75 bits per heavy atom. The van der Waals surface area contributed by atoms with Crippen LogP contribution in [0.1, 0.15) is 25.7 Å². The number of nitrogens with zero attached hydrogens (tertiary/aromatic N) is 1. The monoisotopic (exact) mass is 337 g/mol. The van der Waals surface area contributed by atoms with Crippen molar-refractivity contribution in [3.63, 3.8) is 0 Å². The Balaban J connectivity index is 2.40. The molecule has 1 heterocycles. The van der Waals surface area contributed by atoms with Crippen molar-refractivity contribution in [1.82, 2.24) is 4.31 Å². The van der Waals surface area contributed by atoms with E-state index in [4.69, 9.17) is 28.3 Å². The molecule has 1 N–H and O–H groups in total. The molecule has 0 amide bonds. The molecule has 0 spiro atoms. The van der Waals surface area contributed by atoms with Gasteiger partial charge in [0.25, 0.3) is 0 Å². The van der Waals surface area contributed by atoms with Crippen molar-refractivity contribution in [2.45, 2.75) is 36.6 Å². The molecule has 0 aliphatic carbocycles. The molecule has 0 bridgehead atoms. The van der Waals surface area contributed by atoms with E-state index in [0.29, 0.717) is 13.0 Å². The van der Waals surface area contributed by atoms with E-state index in [2.05, 4.69) is 0 Å². The van der Waals surface area contributed by atoms with E-state index in [-0.39, 0.29) is 27.6 Å². The molecule has 1 aromatic rings. The Kier molecular flexibility index (Phi) is 5.31. The molecular formula is C13H17Cl2NO3S. The molecular weight excluding hydrogens is 321 g/mol. The normalized spacial score (nSPS) is 21.1. The lowest BCUT2D eigenvalue weighted by Gasteiger charge is -2.34. The summed E-state index contributed by atoms with van der Waals surface area (Å²) in [6.45, 7) is 0.426. The third-order valence-corrected chi connectivity index (χ3v) is 6.46. The summed E-state index contributed by atoms with van der Waals surface area (Å²) in [5, 5.41) is 9.39. The molecule has 1 atom stereocenters. The smallest absolute Gasteiger partial charge is 0.244 e. The molecule has 1 fully saturated rings. The second kappa shape index (κ2) is 6.62. The molecule has 1 aliphatic rings. The Bertz CT molecular complexity index is 575. The predicted molar refractivity (Wildman–Crippen MR) is 79.7 cm³/mol. The van der Waals surface area contributed by atoms with Gasteiger partial charge in [0.2, 0.25) is 10.0 Å². The third-order valence-electron chi connectivity index (χ3n) is 3.54. The van der Waals surface area contributed by atoms with Crippen LogP contribution in [0.4, 0.5) is 0 Å². The van der Waals surface area contributed by atoms with Crippen LogP contribution >= 0.6 is 23.2 Å². The van der Waals surface area contributed by atoms with E-state index in [9.17, 15) is 8.42 Å². The van der Waals surface area contributed by atoms with Gasteiger partial charge < -0.3 is 5.11 Å². The fourth-order valence-corrected chi connectivity index (χ4v) is 5.00. The van der Waals surface area contributed by atoms with Crippen molar-refractivity contribution in [3.8, 4) is 0 Å². The zero-order valence-electron chi connectivity index (χ0n) is 10.9. The van der Waals surface area contributed by atoms with Gasteiger partial charge in [0.1, 0.15) is 4.90 Å². The minimum absolute atomic E-state index is 0.0278. The molecule has 0 saturated carbocycles. The van der Waals surface area contributed by atoms with Crippen molar-refractivity contribution < 1.29 is 13.5 Å². The summed E-state index contributed by atoms with van der Waals surface area (Å²) in [5.74, 6) is 0. The van der Waals surface area contributed by atoms with Gasteiger partial charge in [-0.2, -0.15) is 4.31 Å². The number of aliphatic hydroxyl groups excluding tert-OH is 1. The highest BCUT2D eigenvalue weighted by Gasteiger charge is 2.34. The fraction of sp³-hybridized carbons (Fsp3) is 0.538. The van der Waals surface area contributed by atoms with Crippen molar-refractivity contribution in [2.24, 2.45) is 0 Å². The van der Waals surface area contributed by atoms with E-state index in [1.54, 1.807) is 12.1 Å². The second-order valence-corrected chi connectivity index (χ2v) is 7.47. The highest BCUT2D eigenvalue weighted by molar-refractivity contribution is 7.89. The lowest BCUT2D eigenvalue weighted by atomic mass is 10.0. The zero-order chi connectivity index (χ0) is 14.8. The summed E-state index contributed by atoms with van der Waals surface area (Å²) < 4.78 is 26.9. The van der Waals surface area contributed by atoms with Crippen molar-refractivity contribution in [3.05, 3.63) is 28.2 Å². The molecule has 1 aliphatic heterocycles. The topological polar surface area (TPSA) is 57.6 Å². The molecule has 112 valence electrons. The first-order valence-corrected chi connectivity index (χ1v) is 8.75. The van der Waals surface area contributed by atoms with Crippen LogP contribution in [0.2, 0.25) is 10.0 Å². The maximum atomic E-state index is 12.7. The van der Waals surface area contributed by atoms with E-state index < -0.39 is 10.0 Å². The van der Waals surface area contributed by atoms with Crippen molar-refractivity contribution in [2.75, 3.05) is 13.2 Å².